The summed E-state index contributed by atoms with van der Waals surface area (Å²) in [5.74, 6) is -0.327. The van der Waals surface area contributed by atoms with Crippen LogP contribution in [0.3, 0.4) is 0 Å². The van der Waals surface area contributed by atoms with E-state index in [0.29, 0.717) is 11.1 Å². The Labute approximate surface area is 210 Å². The van der Waals surface area contributed by atoms with Gasteiger partial charge in [0, 0.05) is 0 Å². The summed E-state index contributed by atoms with van der Waals surface area (Å²) in [5.41, 5.74) is 3.67. The van der Waals surface area contributed by atoms with Gasteiger partial charge in [0.25, 0.3) is 0 Å². The molecular weight excluding hydrogens is 525 g/mol. The molecule has 3 heterocycles. The van der Waals surface area contributed by atoms with Gasteiger partial charge in [-0.15, -0.1) is 0 Å². The van der Waals surface area contributed by atoms with E-state index in [9.17, 15) is 9.59 Å². The number of nitrogens with zero attached hydrogens (tertiary/aromatic N) is 1. The Hall–Kier alpha value is -3.15. The van der Waals surface area contributed by atoms with E-state index < -0.39 is 0 Å². The molecule has 0 saturated heterocycles. The van der Waals surface area contributed by atoms with Gasteiger partial charge >= 0.3 is 211 Å². The van der Waals surface area contributed by atoms with Gasteiger partial charge in [-0.2, -0.15) is 0 Å². The number of hydrogen-bond donors (Lipinski definition) is 0. The van der Waals surface area contributed by atoms with E-state index in [4.69, 9.17) is 0 Å². The van der Waals surface area contributed by atoms with E-state index in [0.717, 1.165) is 15.2 Å². The van der Waals surface area contributed by atoms with Crippen LogP contribution in [0.15, 0.2) is 98.9 Å². The third kappa shape index (κ3) is 3.04. The first-order chi connectivity index (χ1) is 16.7. The number of benzene rings is 3. The molecule has 5 aromatic rings. The SMILES string of the molecule is O=C1C(=Cc2ccc(N3c4ccccc4Sc4ccccc43)[se]2)C(=O)c2cc3cscc3cc21. The van der Waals surface area contributed by atoms with Crippen LogP contribution in [0.5, 0.6) is 0 Å². The van der Waals surface area contributed by atoms with E-state index in [1.807, 2.05) is 29.0 Å². The summed E-state index contributed by atoms with van der Waals surface area (Å²) < 4.78 is 2.22. The van der Waals surface area contributed by atoms with Crippen molar-refractivity contribution in [2.45, 2.75) is 9.79 Å². The number of para-hydroxylation sites is 2. The second-order valence-corrected chi connectivity index (χ2v) is 12.3. The molecule has 0 amide bonds. The van der Waals surface area contributed by atoms with Gasteiger partial charge in [-0.05, 0) is 0 Å². The van der Waals surface area contributed by atoms with Crippen LogP contribution < -0.4 is 4.90 Å². The Morgan fingerprint density at radius 2 is 1.32 bits per heavy atom. The first-order valence-electron chi connectivity index (χ1n) is 10.7. The van der Waals surface area contributed by atoms with Crippen LogP contribution in [0.4, 0.5) is 15.9 Å². The third-order valence-corrected chi connectivity index (χ3v) is 10.2. The molecule has 0 fully saturated rings. The molecular formula is C28H15NO2S2Se. The van der Waals surface area contributed by atoms with Crippen LogP contribution in [0.25, 0.3) is 16.8 Å². The van der Waals surface area contributed by atoms with Crippen LogP contribution in [-0.2, 0) is 0 Å². The van der Waals surface area contributed by atoms with Crippen LogP contribution in [0, 0.1) is 0 Å². The second kappa shape index (κ2) is 7.69. The normalized spacial score (nSPS) is 14.4. The number of carbonyl (C=O) groups is 2. The molecule has 2 aromatic heterocycles. The van der Waals surface area contributed by atoms with Crippen LogP contribution >= 0.6 is 23.1 Å². The quantitative estimate of drug-likeness (QED) is 0.131. The molecule has 7 rings (SSSR count). The van der Waals surface area contributed by atoms with Crippen LogP contribution in [0.2, 0.25) is 0 Å². The molecule has 6 heteroatoms. The van der Waals surface area contributed by atoms with Gasteiger partial charge in [0.15, 0.2) is 0 Å². The first kappa shape index (κ1) is 20.2. The van der Waals surface area contributed by atoms with Crippen molar-refractivity contribution in [2.75, 3.05) is 4.90 Å². The van der Waals surface area contributed by atoms with E-state index in [-0.39, 0.29) is 31.6 Å². The zero-order valence-corrected chi connectivity index (χ0v) is 21.0. The molecule has 162 valence electrons. The summed E-state index contributed by atoms with van der Waals surface area (Å²) in [4.78, 5) is 31.0. The Kier molecular flexibility index (Phi) is 4.58. The number of rotatable bonds is 2. The number of carbonyl (C=O) groups excluding carboxylic acids is 2. The first-order valence-corrected chi connectivity index (χ1v) is 14.2. The fourth-order valence-corrected chi connectivity index (χ4v) is 8.42. The van der Waals surface area contributed by atoms with E-state index in [2.05, 4.69) is 65.6 Å². The number of allylic oxidation sites excluding steroid dienone is 1. The second-order valence-electron chi connectivity index (χ2n) is 8.16. The molecule has 0 saturated carbocycles. The number of anilines is 3. The van der Waals surface area contributed by atoms with E-state index in [1.165, 1.54) is 25.7 Å². The molecule has 0 radical (unpaired) electrons. The number of thiophene rings is 1. The topological polar surface area (TPSA) is 37.4 Å². The van der Waals surface area contributed by atoms with Gasteiger partial charge in [-0.25, -0.2) is 0 Å². The van der Waals surface area contributed by atoms with Crippen molar-refractivity contribution in [2.24, 2.45) is 0 Å². The molecule has 0 bridgehead atoms. The maximum absolute atomic E-state index is 13.1. The van der Waals surface area contributed by atoms with Crippen molar-refractivity contribution in [1.82, 2.24) is 0 Å². The average Bonchev–Trinajstić information content (AvgIpc) is 3.57. The number of fused-ring (bicyclic) bond motifs is 4. The van der Waals surface area contributed by atoms with Gasteiger partial charge in [0.1, 0.15) is 0 Å². The summed E-state index contributed by atoms with van der Waals surface area (Å²) in [6, 6.07) is 24.8. The molecule has 3 nitrogen and oxygen atoms in total. The summed E-state index contributed by atoms with van der Waals surface area (Å²) in [7, 11) is 0. The van der Waals surface area contributed by atoms with Crippen molar-refractivity contribution in [3.63, 3.8) is 0 Å². The minimum absolute atomic E-state index is 0.0372. The van der Waals surface area contributed by atoms with Gasteiger partial charge < -0.3 is 0 Å². The molecule has 0 unspecified atom stereocenters. The standard InChI is InChI=1S/C28H15NO2S2Se/c30-27-19-11-16-14-32-15-17(16)12-20(19)28(31)21(27)13-18-9-10-26(34-18)29-22-5-1-3-7-24(22)33-25-8-4-2-6-23(25)29/h1-15H. The van der Waals surface area contributed by atoms with Gasteiger partial charge in [0.2, 0.25) is 0 Å². The predicted octanol–water partition coefficient (Wildman–Crippen LogP) is 7.36. The van der Waals surface area contributed by atoms with E-state index >= 15 is 0 Å². The van der Waals surface area contributed by atoms with Crippen molar-refractivity contribution in [1.29, 1.82) is 0 Å². The van der Waals surface area contributed by atoms with Crippen molar-refractivity contribution < 1.29 is 9.59 Å². The summed E-state index contributed by atoms with van der Waals surface area (Å²) in [6.07, 6.45) is 1.82. The predicted molar refractivity (Wildman–Crippen MR) is 141 cm³/mol. The van der Waals surface area contributed by atoms with Crippen LogP contribution in [-0.4, -0.2) is 26.1 Å². The fraction of sp³-hybridized carbons (Fsp3) is 0. The summed E-state index contributed by atoms with van der Waals surface area (Å²) >= 11 is 3.33. The molecule has 0 spiro atoms. The molecule has 3 aromatic carbocycles. The van der Waals surface area contributed by atoms with Gasteiger partial charge in [-0.3, -0.25) is 0 Å². The number of ketones is 2. The van der Waals surface area contributed by atoms with Gasteiger partial charge in [0.05, 0.1) is 0 Å². The maximum atomic E-state index is 13.1. The van der Waals surface area contributed by atoms with Gasteiger partial charge in [-0.1, -0.05) is 0 Å². The van der Waals surface area contributed by atoms with E-state index in [1.54, 1.807) is 23.1 Å². The molecule has 34 heavy (non-hydrogen) atoms. The Balaban J connectivity index is 1.30. The Bertz CT molecular complexity index is 1600. The zero-order valence-electron chi connectivity index (χ0n) is 17.6. The zero-order chi connectivity index (χ0) is 22.8. The van der Waals surface area contributed by atoms with Crippen molar-refractivity contribution in [3.8, 4) is 0 Å². The van der Waals surface area contributed by atoms with Crippen molar-refractivity contribution in [3.05, 3.63) is 105 Å². The fourth-order valence-electron chi connectivity index (χ4n) is 4.54. The monoisotopic (exact) mass is 541 g/mol. The number of Topliss-reactive ketones (excluding diaryl/α,β-unsaturated/α-hetero) is 2. The third-order valence-electron chi connectivity index (χ3n) is 6.14. The Morgan fingerprint density at radius 3 is 1.94 bits per heavy atom. The summed E-state index contributed by atoms with van der Waals surface area (Å²) in [5, 5.41) is 6.06. The molecule has 2 aliphatic rings. The average molecular weight is 541 g/mol. The van der Waals surface area contributed by atoms with Crippen LogP contribution in [0.1, 0.15) is 25.2 Å². The molecule has 0 N–H and O–H groups in total. The molecule has 1 aliphatic heterocycles. The molecule has 1 aliphatic carbocycles. The minimum atomic E-state index is -0.164. The molecule has 0 atom stereocenters. The summed E-state index contributed by atoms with van der Waals surface area (Å²) in [6.45, 7) is 0. The Morgan fingerprint density at radius 1 is 0.735 bits per heavy atom. The van der Waals surface area contributed by atoms with Crippen molar-refractivity contribution >= 4 is 82.0 Å². The number of hydrogen-bond acceptors (Lipinski definition) is 5.